The molecule has 0 saturated heterocycles. The smallest absolute Gasteiger partial charge is 0.307 e. The SMILES string of the molecule is CN(CCC(=O)OC(C)(C)C)Cc1ccco1. The van der Waals surface area contributed by atoms with Crippen LogP contribution in [0.25, 0.3) is 0 Å². The van der Waals surface area contributed by atoms with Crippen molar-refractivity contribution in [2.24, 2.45) is 0 Å². The lowest BCUT2D eigenvalue weighted by molar-refractivity contribution is -0.155. The van der Waals surface area contributed by atoms with Crippen molar-refractivity contribution in [1.29, 1.82) is 0 Å². The van der Waals surface area contributed by atoms with Gasteiger partial charge in [0.15, 0.2) is 0 Å². The van der Waals surface area contributed by atoms with Gasteiger partial charge in [0.2, 0.25) is 0 Å². The van der Waals surface area contributed by atoms with Gasteiger partial charge in [-0.25, -0.2) is 0 Å². The van der Waals surface area contributed by atoms with E-state index in [0.717, 1.165) is 5.76 Å². The number of hydrogen-bond acceptors (Lipinski definition) is 4. The van der Waals surface area contributed by atoms with Crippen LogP contribution < -0.4 is 0 Å². The molecule has 0 aromatic carbocycles. The van der Waals surface area contributed by atoms with Gasteiger partial charge in [-0.2, -0.15) is 0 Å². The number of hydrogen-bond donors (Lipinski definition) is 0. The summed E-state index contributed by atoms with van der Waals surface area (Å²) in [5.41, 5.74) is -0.406. The largest absolute Gasteiger partial charge is 0.468 e. The zero-order valence-corrected chi connectivity index (χ0v) is 11.0. The number of nitrogens with zero attached hydrogens (tertiary/aromatic N) is 1. The maximum absolute atomic E-state index is 11.5. The van der Waals surface area contributed by atoms with Crippen molar-refractivity contribution in [3.05, 3.63) is 24.2 Å². The number of carbonyl (C=O) groups is 1. The third-order valence-electron chi connectivity index (χ3n) is 2.12. The molecule has 0 bridgehead atoms. The lowest BCUT2D eigenvalue weighted by Crippen LogP contribution is -2.27. The fourth-order valence-corrected chi connectivity index (χ4v) is 1.42. The molecule has 0 amide bonds. The van der Waals surface area contributed by atoms with Gasteiger partial charge >= 0.3 is 5.97 Å². The first-order valence-corrected chi connectivity index (χ1v) is 5.79. The molecular weight excluding hydrogens is 218 g/mol. The summed E-state index contributed by atoms with van der Waals surface area (Å²) in [7, 11) is 1.95. The van der Waals surface area contributed by atoms with Crippen molar-refractivity contribution < 1.29 is 13.9 Å². The van der Waals surface area contributed by atoms with Crippen molar-refractivity contribution in [2.45, 2.75) is 39.3 Å². The molecule has 1 heterocycles. The molecule has 1 aromatic rings. The van der Waals surface area contributed by atoms with Crippen LogP contribution in [0.5, 0.6) is 0 Å². The Hall–Kier alpha value is -1.29. The molecule has 0 spiro atoms. The number of ether oxygens (including phenoxy) is 1. The second-order valence-electron chi connectivity index (χ2n) is 5.15. The van der Waals surface area contributed by atoms with E-state index in [4.69, 9.17) is 9.15 Å². The lowest BCUT2D eigenvalue weighted by atomic mass is 10.2. The van der Waals surface area contributed by atoms with E-state index in [1.54, 1.807) is 6.26 Å². The van der Waals surface area contributed by atoms with E-state index in [2.05, 4.69) is 0 Å². The Labute approximate surface area is 103 Å². The number of esters is 1. The average Bonchev–Trinajstić information content (AvgIpc) is 2.64. The maximum Gasteiger partial charge on any atom is 0.307 e. The summed E-state index contributed by atoms with van der Waals surface area (Å²) in [6.45, 7) is 6.98. The van der Waals surface area contributed by atoms with Gasteiger partial charge in [0.1, 0.15) is 11.4 Å². The van der Waals surface area contributed by atoms with E-state index in [0.29, 0.717) is 19.5 Å². The zero-order chi connectivity index (χ0) is 12.9. The molecule has 0 radical (unpaired) electrons. The molecule has 0 fully saturated rings. The Bertz CT molecular complexity index is 338. The summed E-state index contributed by atoms with van der Waals surface area (Å²) in [5.74, 6) is 0.737. The van der Waals surface area contributed by atoms with Crippen molar-refractivity contribution in [1.82, 2.24) is 4.90 Å². The van der Waals surface area contributed by atoms with Crippen LogP contribution in [0.15, 0.2) is 22.8 Å². The molecule has 17 heavy (non-hydrogen) atoms. The number of rotatable bonds is 5. The van der Waals surface area contributed by atoms with Gasteiger partial charge in [0.25, 0.3) is 0 Å². The Morgan fingerprint density at radius 1 is 1.47 bits per heavy atom. The van der Waals surface area contributed by atoms with Gasteiger partial charge < -0.3 is 9.15 Å². The minimum atomic E-state index is -0.406. The number of furan rings is 1. The van der Waals surface area contributed by atoms with Crippen LogP contribution in [-0.4, -0.2) is 30.1 Å². The fourth-order valence-electron chi connectivity index (χ4n) is 1.42. The molecule has 0 unspecified atom stereocenters. The van der Waals surface area contributed by atoms with Crippen LogP contribution in [0.1, 0.15) is 33.0 Å². The highest BCUT2D eigenvalue weighted by Gasteiger charge is 2.16. The van der Waals surface area contributed by atoms with Crippen LogP contribution in [0.4, 0.5) is 0 Å². The summed E-state index contributed by atoms with van der Waals surface area (Å²) in [6, 6.07) is 3.78. The second-order valence-corrected chi connectivity index (χ2v) is 5.15. The van der Waals surface area contributed by atoms with Gasteiger partial charge in [-0.3, -0.25) is 9.69 Å². The van der Waals surface area contributed by atoms with Crippen molar-refractivity contribution in [3.8, 4) is 0 Å². The monoisotopic (exact) mass is 239 g/mol. The molecule has 4 nitrogen and oxygen atoms in total. The summed E-state index contributed by atoms with van der Waals surface area (Å²) >= 11 is 0. The Morgan fingerprint density at radius 2 is 2.18 bits per heavy atom. The average molecular weight is 239 g/mol. The zero-order valence-electron chi connectivity index (χ0n) is 11.0. The van der Waals surface area contributed by atoms with E-state index in [-0.39, 0.29) is 5.97 Å². The minimum Gasteiger partial charge on any atom is -0.468 e. The molecule has 0 aliphatic carbocycles. The first kappa shape index (κ1) is 13.8. The van der Waals surface area contributed by atoms with Gasteiger partial charge in [-0.1, -0.05) is 0 Å². The predicted molar refractivity (Wildman–Crippen MR) is 65.5 cm³/mol. The fraction of sp³-hybridized carbons (Fsp3) is 0.615. The van der Waals surface area contributed by atoms with E-state index >= 15 is 0 Å². The van der Waals surface area contributed by atoms with Crippen LogP contribution in [0, 0.1) is 0 Å². The molecule has 0 N–H and O–H groups in total. The Morgan fingerprint density at radius 3 is 2.71 bits per heavy atom. The number of carbonyl (C=O) groups excluding carboxylic acids is 1. The van der Waals surface area contributed by atoms with Crippen LogP contribution in [-0.2, 0) is 16.1 Å². The summed E-state index contributed by atoms with van der Waals surface area (Å²) in [6.07, 6.45) is 2.05. The highest BCUT2D eigenvalue weighted by molar-refractivity contribution is 5.70. The van der Waals surface area contributed by atoms with Crippen molar-refractivity contribution in [2.75, 3.05) is 13.6 Å². The molecule has 1 rings (SSSR count). The Balaban J connectivity index is 2.24. The van der Waals surface area contributed by atoms with Gasteiger partial charge in [0, 0.05) is 6.54 Å². The molecule has 0 aliphatic heterocycles. The van der Waals surface area contributed by atoms with E-state index in [1.165, 1.54) is 0 Å². The minimum absolute atomic E-state index is 0.163. The van der Waals surface area contributed by atoms with Gasteiger partial charge in [-0.05, 0) is 40.0 Å². The van der Waals surface area contributed by atoms with E-state index < -0.39 is 5.60 Å². The molecule has 96 valence electrons. The molecule has 0 atom stereocenters. The summed E-state index contributed by atoms with van der Waals surface area (Å²) < 4.78 is 10.5. The summed E-state index contributed by atoms with van der Waals surface area (Å²) in [5, 5.41) is 0. The molecular formula is C13H21NO3. The molecule has 0 saturated carbocycles. The highest BCUT2D eigenvalue weighted by Crippen LogP contribution is 2.09. The molecule has 4 heteroatoms. The van der Waals surface area contributed by atoms with Gasteiger partial charge in [0.05, 0.1) is 19.2 Å². The third kappa shape index (κ3) is 6.12. The first-order chi connectivity index (χ1) is 7.87. The topological polar surface area (TPSA) is 42.7 Å². The Kier molecular flexibility index (Phi) is 4.75. The highest BCUT2D eigenvalue weighted by atomic mass is 16.6. The quantitative estimate of drug-likeness (QED) is 0.740. The second kappa shape index (κ2) is 5.87. The van der Waals surface area contributed by atoms with Crippen LogP contribution >= 0.6 is 0 Å². The molecule has 1 aromatic heterocycles. The first-order valence-electron chi connectivity index (χ1n) is 5.79. The predicted octanol–water partition coefficient (Wildman–Crippen LogP) is 2.44. The van der Waals surface area contributed by atoms with Gasteiger partial charge in [-0.15, -0.1) is 0 Å². The lowest BCUT2D eigenvalue weighted by Gasteiger charge is -2.21. The third-order valence-corrected chi connectivity index (χ3v) is 2.12. The van der Waals surface area contributed by atoms with E-state index in [9.17, 15) is 4.79 Å². The van der Waals surface area contributed by atoms with Crippen molar-refractivity contribution >= 4 is 5.97 Å². The molecule has 0 aliphatic rings. The maximum atomic E-state index is 11.5. The normalized spacial score (nSPS) is 11.8. The van der Waals surface area contributed by atoms with E-state index in [1.807, 2.05) is 44.9 Å². The summed E-state index contributed by atoms with van der Waals surface area (Å²) in [4.78, 5) is 13.5. The van der Waals surface area contributed by atoms with Crippen LogP contribution in [0.3, 0.4) is 0 Å². The van der Waals surface area contributed by atoms with Crippen LogP contribution in [0.2, 0.25) is 0 Å². The standard InChI is InChI=1S/C13H21NO3/c1-13(2,3)17-12(15)7-8-14(4)10-11-6-5-9-16-11/h5-6,9H,7-8,10H2,1-4H3. The van der Waals surface area contributed by atoms with Crippen molar-refractivity contribution in [3.63, 3.8) is 0 Å².